The monoisotopic (exact) mass is 762 g/mol. The summed E-state index contributed by atoms with van der Waals surface area (Å²) in [5.41, 5.74) is 2.78. The molecule has 3 atom stereocenters. The third kappa shape index (κ3) is 11.9. The maximum Gasteiger partial charge on any atom is 0.247 e. The van der Waals surface area contributed by atoms with E-state index in [1.165, 1.54) is 45.6 Å². The normalized spacial score (nSPS) is 17.5. The molecule has 2 amide bonds. The number of hydrogen-bond donors (Lipinski definition) is 3. The number of aryl methyl sites for hydroxylation is 1. The molecule has 0 aromatic heterocycles. The van der Waals surface area contributed by atoms with Gasteiger partial charge in [-0.1, -0.05) is 88.1 Å². The molecule has 0 saturated heterocycles. The number of nitrogens with zero attached hydrogens (tertiary/aromatic N) is 1. The van der Waals surface area contributed by atoms with E-state index in [2.05, 4.69) is 12.2 Å². The highest BCUT2D eigenvalue weighted by molar-refractivity contribution is 14.1. The molecule has 2 aromatic rings. The van der Waals surface area contributed by atoms with Gasteiger partial charge in [-0.05, 0) is 59.7 Å². The Morgan fingerprint density at radius 3 is 2.32 bits per heavy atom. The van der Waals surface area contributed by atoms with E-state index in [1.807, 2.05) is 53.8 Å². The Bertz CT molecular complexity index is 1330. The van der Waals surface area contributed by atoms with Crippen LogP contribution < -0.4 is 14.8 Å². The van der Waals surface area contributed by atoms with E-state index in [4.69, 9.17) is 9.47 Å². The Morgan fingerprint density at radius 1 is 1.04 bits per heavy atom. The fourth-order valence-corrected chi connectivity index (χ4v) is 6.60. The number of hydrogen-bond acceptors (Lipinski definition) is 7. The van der Waals surface area contributed by atoms with E-state index in [-0.39, 0.29) is 32.0 Å². The van der Waals surface area contributed by atoms with Gasteiger partial charge in [-0.25, -0.2) is 0 Å². The molecule has 0 fully saturated rings. The van der Waals surface area contributed by atoms with E-state index in [0.717, 1.165) is 30.4 Å². The lowest BCUT2D eigenvalue weighted by Crippen LogP contribution is -2.54. The van der Waals surface area contributed by atoms with Crippen molar-refractivity contribution in [3.8, 4) is 11.5 Å². The molecule has 0 aliphatic heterocycles. The molecule has 47 heavy (non-hydrogen) atoms. The topological polar surface area (TPSA) is 125 Å². The number of rotatable bonds is 20. The standard InChI is InChI=1S/C37H51IN2O7/c1-4-5-6-7-8-9-10-11-12-13-34(43)40(24-27-16-14-26(2)15-17-27)31-22-29(37(45)39-18-19-41)23-32(35(31)44)47-36-30(38)20-28(25-42)21-33(36)46-3/h14-17,20-21,23,25,31-32,35,41,44H,4-13,18-19,22,24H2,1-3H3,(H,39,45)/t31-,32+,35+/m1/s1. The molecular formula is C37H51IN2O7. The molecule has 258 valence electrons. The second-order valence-corrected chi connectivity index (χ2v) is 13.4. The van der Waals surface area contributed by atoms with Crippen molar-refractivity contribution in [1.82, 2.24) is 10.2 Å². The summed E-state index contributed by atoms with van der Waals surface area (Å²) in [5, 5.41) is 23.9. The number of aldehydes is 1. The number of halogens is 1. The van der Waals surface area contributed by atoms with Crippen molar-refractivity contribution in [2.45, 2.75) is 109 Å². The number of nitrogens with one attached hydrogen (secondary N) is 1. The second-order valence-electron chi connectivity index (χ2n) is 12.3. The molecule has 0 saturated carbocycles. The summed E-state index contributed by atoms with van der Waals surface area (Å²) >= 11 is 2.04. The van der Waals surface area contributed by atoms with E-state index >= 15 is 0 Å². The molecular weight excluding hydrogens is 711 g/mol. The van der Waals surface area contributed by atoms with Crippen LogP contribution in [0, 0.1) is 10.5 Å². The van der Waals surface area contributed by atoms with Crippen LogP contribution in [-0.2, 0) is 16.1 Å². The van der Waals surface area contributed by atoms with Crippen molar-refractivity contribution in [2.24, 2.45) is 0 Å². The average Bonchev–Trinajstić information content (AvgIpc) is 3.07. The first-order valence-corrected chi connectivity index (χ1v) is 17.9. The lowest BCUT2D eigenvalue weighted by atomic mass is 9.87. The Morgan fingerprint density at radius 2 is 1.70 bits per heavy atom. The molecule has 0 radical (unpaired) electrons. The Labute approximate surface area is 293 Å². The predicted molar refractivity (Wildman–Crippen MR) is 192 cm³/mol. The maximum absolute atomic E-state index is 14.0. The molecule has 2 aromatic carbocycles. The zero-order valence-electron chi connectivity index (χ0n) is 28.0. The SMILES string of the molecule is CCCCCCCCCCCC(=O)N(Cc1ccc(C)cc1)[C@@H]1CC(C(=O)NCCO)=C[C@H](Oc2c(I)cc(C=O)cc2OC)[C@H]1O. The summed E-state index contributed by atoms with van der Waals surface area (Å²) in [6, 6.07) is 10.4. The molecule has 3 rings (SSSR count). The van der Waals surface area contributed by atoms with Crippen LogP contribution in [0.2, 0.25) is 0 Å². The molecule has 1 aliphatic rings. The molecule has 9 nitrogen and oxygen atoms in total. The van der Waals surface area contributed by atoms with E-state index in [1.54, 1.807) is 23.1 Å². The average molecular weight is 763 g/mol. The summed E-state index contributed by atoms with van der Waals surface area (Å²) in [6.07, 6.45) is 10.8. The lowest BCUT2D eigenvalue weighted by Gasteiger charge is -2.41. The molecule has 0 heterocycles. The van der Waals surface area contributed by atoms with Gasteiger partial charge < -0.3 is 29.9 Å². The van der Waals surface area contributed by atoms with E-state index in [9.17, 15) is 24.6 Å². The van der Waals surface area contributed by atoms with Crippen LogP contribution in [0.4, 0.5) is 0 Å². The maximum atomic E-state index is 14.0. The Kier molecular flexibility index (Phi) is 16.7. The summed E-state index contributed by atoms with van der Waals surface area (Å²) in [7, 11) is 1.46. The van der Waals surface area contributed by atoms with Gasteiger partial charge in [0.15, 0.2) is 11.5 Å². The number of amides is 2. The van der Waals surface area contributed by atoms with Gasteiger partial charge in [0, 0.05) is 37.1 Å². The van der Waals surface area contributed by atoms with Crippen molar-refractivity contribution in [2.75, 3.05) is 20.3 Å². The first kappa shape index (κ1) is 38.5. The largest absolute Gasteiger partial charge is 0.493 e. The van der Waals surface area contributed by atoms with Crippen LogP contribution >= 0.6 is 22.6 Å². The van der Waals surface area contributed by atoms with Crippen molar-refractivity contribution in [3.05, 3.63) is 68.3 Å². The van der Waals surface area contributed by atoms with Crippen molar-refractivity contribution >= 4 is 40.7 Å². The van der Waals surface area contributed by atoms with Crippen LogP contribution in [0.3, 0.4) is 0 Å². The zero-order valence-corrected chi connectivity index (χ0v) is 30.2. The van der Waals surface area contributed by atoms with Crippen molar-refractivity contribution in [1.29, 1.82) is 0 Å². The third-order valence-corrected chi connectivity index (χ3v) is 9.35. The summed E-state index contributed by atoms with van der Waals surface area (Å²) < 4.78 is 12.5. The van der Waals surface area contributed by atoms with Crippen LogP contribution in [0.5, 0.6) is 11.5 Å². The minimum absolute atomic E-state index is 0.0679. The first-order valence-electron chi connectivity index (χ1n) is 16.8. The molecule has 1 aliphatic carbocycles. The van der Waals surface area contributed by atoms with Gasteiger partial charge in [-0.2, -0.15) is 0 Å². The van der Waals surface area contributed by atoms with Crippen LogP contribution in [0.15, 0.2) is 48.0 Å². The highest BCUT2D eigenvalue weighted by Crippen LogP contribution is 2.37. The molecule has 0 bridgehead atoms. The minimum atomic E-state index is -1.17. The highest BCUT2D eigenvalue weighted by atomic mass is 127. The van der Waals surface area contributed by atoms with Gasteiger partial charge in [0.25, 0.3) is 0 Å². The van der Waals surface area contributed by atoms with Gasteiger partial charge in [0.2, 0.25) is 11.8 Å². The summed E-state index contributed by atoms with van der Waals surface area (Å²) in [6.45, 7) is 4.33. The molecule has 10 heteroatoms. The number of unbranched alkanes of at least 4 members (excludes halogenated alkanes) is 8. The van der Waals surface area contributed by atoms with Crippen molar-refractivity contribution < 1.29 is 34.1 Å². The van der Waals surface area contributed by atoms with Crippen molar-refractivity contribution in [3.63, 3.8) is 0 Å². The van der Waals surface area contributed by atoms with Gasteiger partial charge in [-0.15, -0.1) is 0 Å². The predicted octanol–water partition coefficient (Wildman–Crippen LogP) is 6.29. The highest BCUT2D eigenvalue weighted by Gasteiger charge is 2.41. The van der Waals surface area contributed by atoms with Gasteiger partial charge in [0.05, 0.1) is 23.3 Å². The number of aliphatic hydroxyl groups is 2. The quantitative estimate of drug-likeness (QED) is 0.0824. The van der Waals surface area contributed by atoms with Crippen LogP contribution in [0.1, 0.15) is 99.0 Å². The van der Waals surface area contributed by atoms with Crippen LogP contribution in [0.25, 0.3) is 0 Å². The Balaban J connectivity index is 1.87. The lowest BCUT2D eigenvalue weighted by molar-refractivity contribution is -0.139. The number of methoxy groups -OCH3 is 1. The number of benzene rings is 2. The van der Waals surface area contributed by atoms with Gasteiger partial charge >= 0.3 is 0 Å². The number of aliphatic hydroxyl groups excluding tert-OH is 2. The molecule has 3 N–H and O–H groups in total. The van der Waals surface area contributed by atoms with E-state index < -0.39 is 24.2 Å². The fraction of sp³-hybridized carbons (Fsp3) is 0.541. The van der Waals surface area contributed by atoms with Gasteiger partial charge in [0.1, 0.15) is 18.5 Å². The fourth-order valence-electron chi connectivity index (χ4n) is 5.85. The Hall–Kier alpha value is -2.96. The number of carbonyl (C=O) groups is 3. The minimum Gasteiger partial charge on any atom is -0.493 e. The molecule has 0 spiro atoms. The van der Waals surface area contributed by atoms with E-state index in [0.29, 0.717) is 38.9 Å². The number of carbonyl (C=O) groups excluding carboxylic acids is 3. The number of ether oxygens (including phenoxy) is 2. The first-order chi connectivity index (χ1) is 22.7. The summed E-state index contributed by atoms with van der Waals surface area (Å²) in [4.78, 5) is 40.4. The third-order valence-electron chi connectivity index (χ3n) is 8.54. The smallest absolute Gasteiger partial charge is 0.247 e. The zero-order chi connectivity index (χ0) is 34.2. The second kappa shape index (κ2) is 20.4. The van der Waals surface area contributed by atoms with Gasteiger partial charge in [-0.3, -0.25) is 14.4 Å². The van der Waals surface area contributed by atoms with Crippen LogP contribution in [-0.4, -0.2) is 71.7 Å². The summed E-state index contributed by atoms with van der Waals surface area (Å²) in [5.74, 6) is 0.145. The molecule has 0 unspecified atom stereocenters.